The molecule has 1 aromatic rings. The fraction of sp³-hybridized carbons (Fsp3) is 0.533. The molecule has 0 radical (unpaired) electrons. The lowest BCUT2D eigenvalue weighted by molar-refractivity contribution is -0.128. The standard InChI is InChI=1S/C15H21NO3/c1-16(2)15(18)4-3-9-19-12-6-7-13-11(10-12)5-8-14(13)17/h6-7,10,14,17H,3-5,8-9H2,1-2H3/t14-/m0/s1. The van der Waals surface area contributed by atoms with Gasteiger partial charge in [-0.2, -0.15) is 0 Å². The molecule has 1 aliphatic carbocycles. The Bertz CT molecular complexity index is 457. The van der Waals surface area contributed by atoms with E-state index in [-0.39, 0.29) is 12.0 Å². The van der Waals surface area contributed by atoms with Gasteiger partial charge in [-0.3, -0.25) is 4.79 Å². The van der Waals surface area contributed by atoms with Crippen LogP contribution >= 0.6 is 0 Å². The van der Waals surface area contributed by atoms with E-state index < -0.39 is 0 Å². The summed E-state index contributed by atoms with van der Waals surface area (Å²) in [6, 6.07) is 5.83. The number of amides is 1. The fourth-order valence-corrected chi connectivity index (χ4v) is 2.30. The molecule has 1 atom stereocenters. The Kier molecular flexibility index (Phi) is 4.43. The Morgan fingerprint density at radius 2 is 2.26 bits per heavy atom. The van der Waals surface area contributed by atoms with Gasteiger partial charge in [-0.25, -0.2) is 0 Å². The summed E-state index contributed by atoms with van der Waals surface area (Å²) in [6.07, 6.45) is 2.62. The third-order valence-electron chi connectivity index (χ3n) is 3.46. The Morgan fingerprint density at radius 1 is 1.47 bits per heavy atom. The van der Waals surface area contributed by atoms with Crippen LogP contribution in [0.15, 0.2) is 18.2 Å². The molecular weight excluding hydrogens is 242 g/mol. The van der Waals surface area contributed by atoms with E-state index in [2.05, 4.69) is 0 Å². The number of hydrogen-bond acceptors (Lipinski definition) is 3. The molecule has 1 N–H and O–H groups in total. The summed E-state index contributed by atoms with van der Waals surface area (Å²) < 4.78 is 5.64. The van der Waals surface area contributed by atoms with Gasteiger partial charge in [0.05, 0.1) is 12.7 Å². The van der Waals surface area contributed by atoms with Crippen LogP contribution in [0.3, 0.4) is 0 Å². The van der Waals surface area contributed by atoms with Crippen molar-refractivity contribution in [3.63, 3.8) is 0 Å². The maximum absolute atomic E-state index is 11.4. The molecule has 1 aliphatic rings. The molecule has 0 aromatic heterocycles. The maximum Gasteiger partial charge on any atom is 0.222 e. The zero-order valence-electron chi connectivity index (χ0n) is 11.6. The van der Waals surface area contributed by atoms with Gasteiger partial charge >= 0.3 is 0 Å². The quantitative estimate of drug-likeness (QED) is 0.826. The van der Waals surface area contributed by atoms with Crippen molar-refractivity contribution in [2.24, 2.45) is 0 Å². The molecule has 0 saturated carbocycles. The molecular formula is C15H21NO3. The molecule has 19 heavy (non-hydrogen) atoms. The minimum Gasteiger partial charge on any atom is -0.494 e. The highest BCUT2D eigenvalue weighted by Crippen LogP contribution is 2.33. The first-order chi connectivity index (χ1) is 9.08. The Labute approximate surface area is 114 Å². The largest absolute Gasteiger partial charge is 0.494 e. The first kappa shape index (κ1) is 13.9. The van der Waals surface area contributed by atoms with Crippen molar-refractivity contribution < 1.29 is 14.6 Å². The smallest absolute Gasteiger partial charge is 0.222 e. The van der Waals surface area contributed by atoms with E-state index in [0.717, 1.165) is 30.6 Å². The molecule has 1 amide bonds. The number of ether oxygens (including phenoxy) is 1. The summed E-state index contributed by atoms with van der Waals surface area (Å²) in [6.45, 7) is 0.543. The molecule has 4 heteroatoms. The molecule has 0 aliphatic heterocycles. The number of fused-ring (bicyclic) bond motifs is 1. The van der Waals surface area contributed by atoms with Crippen molar-refractivity contribution >= 4 is 5.91 Å². The summed E-state index contributed by atoms with van der Waals surface area (Å²) in [5.41, 5.74) is 2.20. The minimum atomic E-state index is -0.318. The van der Waals surface area contributed by atoms with Gasteiger partial charge in [0.2, 0.25) is 5.91 Å². The van der Waals surface area contributed by atoms with Crippen LogP contribution in [0.25, 0.3) is 0 Å². The molecule has 0 unspecified atom stereocenters. The van der Waals surface area contributed by atoms with Gasteiger partial charge in [0.1, 0.15) is 5.75 Å². The van der Waals surface area contributed by atoms with E-state index in [1.807, 2.05) is 18.2 Å². The number of nitrogens with zero attached hydrogens (tertiary/aromatic N) is 1. The molecule has 1 aromatic carbocycles. The third-order valence-corrected chi connectivity index (χ3v) is 3.46. The second kappa shape index (κ2) is 6.06. The first-order valence-electron chi connectivity index (χ1n) is 6.72. The van der Waals surface area contributed by atoms with Gasteiger partial charge in [0.15, 0.2) is 0 Å². The highest BCUT2D eigenvalue weighted by molar-refractivity contribution is 5.75. The van der Waals surface area contributed by atoms with Crippen LogP contribution in [0, 0.1) is 0 Å². The summed E-state index contributed by atoms with van der Waals surface area (Å²) in [5.74, 6) is 0.950. The van der Waals surface area contributed by atoms with Gasteiger partial charge in [-0.05, 0) is 42.5 Å². The van der Waals surface area contributed by atoms with E-state index in [1.54, 1.807) is 19.0 Å². The van der Waals surface area contributed by atoms with Crippen LogP contribution in [0.4, 0.5) is 0 Å². The molecule has 104 valence electrons. The summed E-state index contributed by atoms with van der Waals surface area (Å²) in [7, 11) is 3.52. The monoisotopic (exact) mass is 263 g/mol. The number of rotatable bonds is 5. The predicted molar refractivity (Wildman–Crippen MR) is 73.1 cm³/mol. The SMILES string of the molecule is CN(C)C(=O)CCCOc1ccc2c(c1)CC[C@@H]2O. The van der Waals surface area contributed by atoms with E-state index in [0.29, 0.717) is 13.0 Å². The van der Waals surface area contributed by atoms with Crippen LogP contribution < -0.4 is 4.74 Å². The average molecular weight is 263 g/mol. The number of aryl methyl sites for hydroxylation is 1. The number of benzene rings is 1. The van der Waals surface area contributed by atoms with E-state index >= 15 is 0 Å². The van der Waals surface area contributed by atoms with Crippen molar-refractivity contribution in [1.82, 2.24) is 4.90 Å². The van der Waals surface area contributed by atoms with Crippen LogP contribution in [-0.2, 0) is 11.2 Å². The zero-order valence-corrected chi connectivity index (χ0v) is 11.6. The van der Waals surface area contributed by atoms with Crippen molar-refractivity contribution in [1.29, 1.82) is 0 Å². The molecule has 0 saturated heterocycles. The topological polar surface area (TPSA) is 49.8 Å². The van der Waals surface area contributed by atoms with Gasteiger partial charge in [0.25, 0.3) is 0 Å². The van der Waals surface area contributed by atoms with Crippen LogP contribution in [-0.4, -0.2) is 36.6 Å². The van der Waals surface area contributed by atoms with Crippen LogP contribution in [0.2, 0.25) is 0 Å². The van der Waals surface area contributed by atoms with Crippen molar-refractivity contribution in [3.8, 4) is 5.75 Å². The highest BCUT2D eigenvalue weighted by Gasteiger charge is 2.20. The van der Waals surface area contributed by atoms with E-state index in [4.69, 9.17) is 4.74 Å². The van der Waals surface area contributed by atoms with Crippen LogP contribution in [0.5, 0.6) is 5.75 Å². The summed E-state index contributed by atoms with van der Waals surface area (Å²) in [5, 5.41) is 9.72. The van der Waals surface area contributed by atoms with Gasteiger partial charge in [-0.15, -0.1) is 0 Å². The Morgan fingerprint density at radius 3 is 3.00 bits per heavy atom. The average Bonchev–Trinajstić information content (AvgIpc) is 2.75. The molecule has 0 bridgehead atoms. The van der Waals surface area contributed by atoms with Gasteiger partial charge in [0, 0.05) is 20.5 Å². The number of hydrogen-bond donors (Lipinski definition) is 1. The lowest BCUT2D eigenvalue weighted by atomic mass is 10.1. The highest BCUT2D eigenvalue weighted by atomic mass is 16.5. The van der Waals surface area contributed by atoms with E-state index in [9.17, 15) is 9.90 Å². The number of carbonyl (C=O) groups is 1. The molecule has 0 spiro atoms. The Hall–Kier alpha value is -1.55. The van der Waals surface area contributed by atoms with E-state index in [1.165, 1.54) is 5.56 Å². The second-order valence-corrected chi connectivity index (χ2v) is 5.16. The van der Waals surface area contributed by atoms with Gasteiger partial charge in [-0.1, -0.05) is 6.07 Å². The third kappa shape index (κ3) is 3.47. The molecule has 4 nitrogen and oxygen atoms in total. The number of aliphatic hydroxyl groups excluding tert-OH is 1. The molecule has 0 fully saturated rings. The summed E-state index contributed by atoms with van der Waals surface area (Å²) in [4.78, 5) is 13.0. The predicted octanol–water partition coefficient (Wildman–Crippen LogP) is 1.91. The first-order valence-corrected chi connectivity index (χ1v) is 6.72. The Balaban J connectivity index is 1.80. The second-order valence-electron chi connectivity index (χ2n) is 5.16. The minimum absolute atomic E-state index is 0.126. The zero-order chi connectivity index (χ0) is 13.8. The lowest BCUT2D eigenvalue weighted by Gasteiger charge is -2.11. The van der Waals surface area contributed by atoms with Gasteiger partial charge < -0.3 is 14.7 Å². The molecule has 2 rings (SSSR count). The lowest BCUT2D eigenvalue weighted by Crippen LogP contribution is -2.21. The number of aliphatic hydroxyl groups is 1. The molecule has 0 heterocycles. The van der Waals surface area contributed by atoms with Crippen molar-refractivity contribution in [2.45, 2.75) is 31.8 Å². The van der Waals surface area contributed by atoms with Crippen molar-refractivity contribution in [2.75, 3.05) is 20.7 Å². The number of carbonyl (C=O) groups excluding carboxylic acids is 1. The summed E-state index contributed by atoms with van der Waals surface area (Å²) >= 11 is 0. The van der Waals surface area contributed by atoms with Crippen LogP contribution in [0.1, 0.15) is 36.5 Å². The van der Waals surface area contributed by atoms with Crippen molar-refractivity contribution in [3.05, 3.63) is 29.3 Å². The normalized spacial score (nSPS) is 17.1. The fourth-order valence-electron chi connectivity index (χ4n) is 2.30. The maximum atomic E-state index is 11.4.